The quantitative estimate of drug-likeness (QED) is 0.623. The fourth-order valence-electron chi connectivity index (χ4n) is 2.35. The van der Waals surface area contributed by atoms with Crippen molar-refractivity contribution in [3.05, 3.63) is 42.4 Å². The van der Waals surface area contributed by atoms with E-state index < -0.39 is 11.9 Å². The second kappa shape index (κ2) is 10.2. The molecule has 1 aromatic heterocycles. The van der Waals surface area contributed by atoms with E-state index in [1.165, 1.54) is 0 Å². The Morgan fingerprint density at radius 3 is 2.52 bits per heavy atom. The average Bonchev–Trinajstić information content (AvgIpc) is 3.17. The van der Waals surface area contributed by atoms with E-state index in [1.54, 1.807) is 30.5 Å². The van der Waals surface area contributed by atoms with Crippen LogP contribution >= 0.6 is 0 Å². The number of anilines is 1. The van der Waals surface area contributed by atoms with Crippen LogP contribution in [0.3, 0.4) is 0 Å². The van der Waals surface area contributed by atoms with Crippen LogP contribution in [0.2, 0.25) is 0 Å². The number of hydrogen-bond donors (Lipinski definition) is 3. The van der Waals surface area contributed by atoms with Gasteiger partial charge in [-0.1, -0.05) is 0 Å². The number of benzene rings is 1. The predicted octanol–water partition coefficient (Wildman–Crippen LogP) is 3.08. The molecule has 0 saturated heterocycles. The van der Waals surface area contributed by atoms with Gasteiger partial charge in [-0.25, -0.2) is 4.79 Å². The van der Waals surface area contributed by atoms with Crippen molar-refractivity contribution in [3.63, 3.8) is 0 Å². The normalized spacial score (nSPS) is 11.5. The maximum Gasteiger partial charge on any atom is 0.325 e. The molecule has 3 amide bonds. The van der Waals surface area contributed by atoms with Crippen molar-refractivity contribution in [1.29, 1.82) is 0 Å². The lowest BCUT2D eigenvalue weighted by atomic mass is 10.2. The van der Waals surface area contributed by atoms with Crippen LogP contribution < -0.4 is 25.4 Å². The first-order chi connectivity index (χ1) is 13.0. The zero-order valence-corrected chi connectivity index (χ0v) is 15.7. The van der Waals surface area contributed by atoms with Crippen LogP contribution in [-0.4, -0.2) is 31.7 Å². The van der Waals surface area contributed by atoms with Crippen LogP contribution in [0.25, 0.3) is 0 Å². The Bertz CT molecular complexity index is 746. The maximum atomic E-state index is 12.0. The molecule has 8 heteroatoms. The summed E-state index contributed by atoms with van der Waals surface area (Å²) in [5.41, 5.74) is 0.490. The molecule has 1 atom stereocenters. The average molecular weight is 375 g/mol. The summed E-state index contributed by atoms with van der Waals surface area (Å²) in [6.45, 7) is 6.54. The van der Waals surface area contributed by atoms with Gasteiger partial charge < -0.3 is 19.2 Å². The number of carbonyl (C=O) groups excluding carboxylic acids is 2. The molecule has 0 bridgehead atoms. The summed E-state index contributed by atoms with van der Waals surface area (Å²) in [7, 11) is 0. The molecule has 0 aliphatic carbocycles. The molecule has 0 fully saturated rings. The summed E-state index contributed by atoms with van der Waals surface area (Å²) in [5, 5.41) is 7.85. The molecular weight excluding hydrogens is 350 g/mol. The summed E-state index contributed by atoms with van der Waals surface area (Å²) < 4.78 is 16.2. The van der Waals surface area contributed by atoms with Gasteiger partial charge in [-0.15, -0.1) is 0 Å². The molecule has 3 N–H and O–H groups in total. The largest absolute Gasteiger partial charge is 0.490 e. The van der Waals surface area contributed by atoms with Crippen molar-refractivity contribution in [1.82, 2.24) is 10.6 Å². The van der Waals surface area contributed by atoms with Crippen LogP contribution in [0.4, 0.5) is 10.5 Å². The van der Waals surface area contributed by atoms with Gasteiger partial charge in [0.1, 0.15) is 5.76 Å². The van der Waals surface area contributed by atoms with Crippen molar-refractivity contribution in [3.8, 4) is 11.5 Å². The SMILES string of the molecule is CCOc1ccc(NC(=O)NC(=O)CN[C@@H](C)c2ccco2)cc1OCC. The van der Waals surface area contributed by atoms with Crippen molar-refractivity contribution >= 4 is 17.6 Å². The highest BCUT2D eigenvalue weighted by Crippen LogP contribution is 2.30. The van der Waals surface area contributed by atoms with E-state index in [-0.39, 0.29) is 12.6 Å². The summed E-state index contributed by atoms with van der Waals surface area (Å²) in [6, 6.07) is 7.84. The third kappa shape index (κ3) is 6.34. The molecule has 27 heavy (non-hydrogen) atoms. The second-order valence-electron chi connectivity index (χ2n) is 5.65. The number of hydrogen-bond acceptors (Lipinski definition) is 6. The number of nitrogens with one attached hydrogen (secondary N) is 3. The Morgan fingerprint density at radius 1 is 1.11 bits per heavy atom. The lowest BCUT2D eigenvalue weighted by Crippen LogP contribution is -2.40. The number of ether oxygens (including phenoxy) is 2. The summed E-state index contributed by atoms with van der Waals surface area (Å²) >= 11 is 0. The fraction of sp³-hybridized carbons (Fsp3) is 0.368. The lowest BCUT2D eigenvalue weighted by molar-refractivity contribution is -0.119. The molecule has 2 rings (SSSR count). The van der Waals surface area contributed by atoms with E-state index >= 15 is 0 Å². The first-order valence-electron chi connectivity index (χ1n) is 8.80. The van der Waals surface area contributed by atoms with Crippen molar-refractivity contribution in [2.45, 2.75) is 26.8 Å². The molecule has 2 aromatic rings. The Morgan fingerprint density at radius 2 is 1.85 bits per heavy atom. The number of imide groups is 1. The van der Waals surface area contributed by atoms with Crippen molar-refractivity contribution < 1.29 is 23.5 Å². The van der Waals surface area contributed by atoms with E-state index in [0.717, 1.165) is 0 Å². The minimum absolute atomic E-state index is 0.0250. The third-order valence-electron chi connectivity index (χ3n) is 3.59. The second-order valence-corrected chi connectivity index (χ2v) is 5.65. The highest BCUT2D eigenvalue weighted by atomic mass is 16.5. The standard InChI is InChI=1S/C19H25N3O5/c1-4-25-16-9-8-14(11-17(16)26-5-2)21-19(24)22-18(23)12-20-13(3)15-7-6-10-27-15/h6-11,13,20H,4-5,12H2,1-3H3,(H2,21,22,23,24)/t13-/m0/s1. The highest BCUT2D eigenvalue weighted by molar-refractivity contribution is 6.01. The molecule has 0 radical (unpaired) electrons. The molecule has 1 aromatic carbocycles. The van der Waals surface area contributed by atoms with E-state index in [4.69, 9.17) is 13.9 Å². The highest BCUT2D eigenvalue weighted by Gasteiger charge is 2.13. The van der Waals surface area contributed by atoms with Gasteiger partial charge in [-0.05, 0) is 45.0 Å². The molecule has 1 heterocycles. The molecule has 8 nitrogen and oxygen atoms in total. The topological polar surface area (TPSA) is 102 Å². The Labute approximate surface area is 158 Å². The number of carbonyl (C=O) groups is 2. The van der Waals surface area contributed by atoms with Gasteiger partial charge in [0, 0.05) is 11.8 Å². The van der Waals surface area contributed by atoms with Crippen LogP contribution in [0.5, 0.6) is 11.5 Å². The zero-order chi connectivity index (χ0) is 19.6. The molecule has 0 aliphatic rings. The number of urea groups is 1. The van der Waals surface area contributed by atoms with E-state index in [1.807, 2.05) is 26.8 Å². The Kier molecular flexibility index (Phi) is 7.69. The van der Waals surface area contributed by atoms with Crippen LogP contribution in [0.15, 0.2) is 41.0 Å². The molecule has 0 spiro atoms. The van der Waals surface area contributed by atoms with Gasteiger partial charge in [0.05, 0.1) is 32.1 Å². The monoisotopic (exact) mass is 375 g/mol. The van der Waals surface area contributed by atoms with E-state index in [2.05, 4.69) is 16.0 Å². The van der Waals surface area contributed by atoms with Gasteiger partial charge in [-0.2, -0.15) is 0 Å². The molecule has 0 saturated carbocycles. The third-order valence-corrected chi connectivity index (χ3v) is 3.59. The molecule has 146 valence electrons. The Balaban J connectivity index is 1.85. The zero-order valence-electron chi connectivity index (χ0n) is 15.7. The van der Waals surface area contributed by atoms with Gasteiger partial charge in [-0.3, -0.25) is 15.4 Å². The molecule has 0 aliphatic heterocycles. The van der Waals surface area contributed by atoms with Gasteiger partial charge >= 0.3 is 6.03 Å². The van der Waals surface area contributed by atoms with Crippen LogP contribution in [0, 0.1) is 0 Å². The number of rotatable bonds is 9. The van der Waals surface area contributed by atoms with Gasteiger partial charge in [0.25, 0.3) is 0 Å². The molecular formula is C19H25N3O5. The van der Waals surface area contributed by atoms with E-state index in [9.17, 15) is 9.59 Å². The first kappa shape index (κ1) is 20.3. The fourth-order valence-corrected chi connectivity index (χ4v) is 2.35. The minimum atomic E-state index is -0.626. The maximum absolute atomic E-state index is 12.0. The van der Waals surface area contributed by atoms with E-state index in [0.29, 0.717) is 36.2 Å². The lowest BCUT2D eigenvalue weighted by Gasteiger charge is -2.14. The van der Waals surface area contributed by atoms with Gasteiger partial charge in [0.15, 0.2) is 11.5 Å². The predicted molar refractivity (Wildman–Crippen MR) is 101 cm³/mol. The summed E-state index contributed by atoms with van der Waals surface area (Å²) in [5.74, 6) is 1.38. The van der Waals surface area contributed by atoms with Crippen LogP contribution in [-0.2, 0) is 4.79 Å². The summed E-state index contributed by atoms with van der Waals surface area (Å²) in [4.78, 5) is 23.9. The van der Waals surface area contributed by atoms with Crippen molar-refractivity contribution in [2.75, 3.05) is 25.1 Å². The first-order valence-corrected chi connectivity index (χ1v) is 8.80. The molecule has 0 unspecified atom stereocenters. The van der Waals surface area contributed by atoms with Gasteiger partial charge in [0.2, 0.25) is 5.91 Å². The van der Waals surface area contributed by atoms with Crippen LogP contribution in [0.1, 0.15) is 32.6 Å². The smallest absolute Gasteiger partial charge is 0.325 e. The Hall–Kier alpha value is -3.00. The summed E-state index contributed by atoms with van der Waals surface area (Å²) in [6.07, 6.45) is 1.56. The van der Waals surface area contributed by atoms with Crippen molar-refractivity contribution in [2.24, 2.45) is 0 Å². The number of amides is 3. The minimum Gasteiger partial charge on any atom is -0.490 e. The number of furan rings is 1.